The topological polar surface area (TPSA) is 94.3 Å². The largest absolute Gasteiger partial charge is 0.496 e. The molecule has 8 nitrogen and oxygen atoms in total. The van der Waals surface area contributed by atoms with E-state index in [1.807, 2.05) is 80.6 Å². The van der Waals surface area contributed by atoms with Gasteiger partial charge >= 0.3 is 5.69 Å². The summed E-state index contributed by atoms with van der Waals surface area (Å²) in [7, 11) is 3.33. The molecule has 0 spiro atoms. The minimum atomic E-state index is -0.548. The van der Waals surface area contributed by atoms with Crippen LogP contribution < -0.4 is 14.2 Å². The summed E-state index contributed by atoms with van der Waals surface area (Å²) in [4.78, 5) is 14.1. The molecule has 0 aliphatic carbocycles. The van der Waals surface area contributed by atoms with E-state index >= 15 is 0 Å². The van der Waals surface area contributed by atoms with Gasteiger partial charge in [0.15, 0.2) is 5.75 Å². The van der Waals surface area contributed by atoms with Crippen LogP contribution in [0.1, 0.15) is 50.9 Å². The van der Waals surface area contributed by atoms with E-state index in [1.165, 1.54) is 6.07 Å². The molecule has 0 aromatic heterocycles. The molecule has 5 aromatic rings. The maximum Gasteiger partial charge on any atom is 0.311 e. The van der Waals surface area contributed by atoms with Gasteiger partial charge in [-0.3, -0.25) is 15.0 Å². The number of ether oxygens (including phenoxy) is 3. The molecule has 5 aromatic carbocycles. The van der Waals surface area contributed by atoms with E-state index in [4.69, 9.17) is 14.2 Å². The molecule has 0 bridgehead atoms. The van der Waals surface area contributed by atoms with Gasteiger partial charge in [-0.05, 0) is 71.0 Å². The monoisotopic (exact) mass is 646 g/mol. The Bertz CT molecular complexity index is 1760. The lowest BCUT2D eigenvalue weighted by atomic mass is 9.87. The number of benzene rings is 5. The minimum absolute atomic E-state index is 0.111. The zero-order valence-corrected chi connectivity index (χ0v) is 27.8. The Balaban J connectivity index is 1.56. The molecule has 0 saturated carbocycles. The molecule has 248 valence electrons. The lowest BCUT2D eigenvalue weighted by Gasteiger charge is -2.35. The second-order valence-electron chi connectivity index (χ2n) is 11.9. The number of aryl methyl sites for hydroxylation is 2. The van der Waals surface area contributed by atoms with Crippen molar-refractivity contribution in [3.63, 3.8) is 0 Å². The van der Waals surface area contributed by atoms with E-state index in [9.17, 15) is 15.2 Å². The van der Waals surface area contributed by atoms with Crippen molar-refractivity contribution in [1.82, 2.24) is 4.90 Å². The third-order valence-electron chi connectivity index (χ3n) is 8.70. The van der Waals surface area contributed by atoms with Crippen molar-refractivity contribution in [1.29, 1.82) is 0 Å². The predicted molar refractivity (Wildman–Crippen MR) is 188 cm³/mol. The molecular weight excluding hydrogens is 604 g/mol. The van der Waals surface area contributed by atoms with Crippen LogP contribution in [-0.2, 0) is 13.2 Å². The fourth-order valence-electron chi connectivity index (χ4n) is 6.17. The van der Waals surface area contributed by atoms with Gasteiger partial charge in [0.2, 0.25) is 0 Å². The van der Waals surface area contributed by atoms with Crippen LogP contribution in [0, 0.1) is 24.0 Å². The number of hydrogen-bond donors (Lipinski definition) is 1. The maximum absolute atomic E-state index is 12.3. The quantitative estimate of drug-likeness (QED) is 0.0906. The first-order chi connectivity index (χ1) is 23.3. The van der Waals surface area contributed by atoms with E-state index in [1.54, 1.807) is 20.3 Å². The number of nitro groups is 1. The SMILES string of the molecule is COc1ccc(C(CN(Cc2ccccc2)[C@@H](CO)c2ccc(OCc3ccccc3)c([N+](=O)[O-])c2)c2ccc(OC)c(C)c2)cc1C. The van der Waals surface area contributed by atoms with Crippen LogP contribution >= 0.6 is 0 Å². The molecule has 48 heavy (non-hydrogen) atoms. The van der Waals surface area contributed by atoms with Crippen LogP contribution in [0.2, 0.25) is 0 Å². The van der Waals surface area contributed by atoms with Gasteiger partial charge in [-0.25, -0.2) is 0 Å². The number of rotatable bonds is 15. The molecule has 0 amide bonds. The van der Waals surface area contributed by atoms with Crippen molar-refractivity contribution in [2.24, 2.45) is 0 Å². The van der Waals surface area contributed by atoms with E-state index in [2.05, 4.69) is 41.3 Å². The molecule has 0 aliphatic heterocycles. The van der Waals surface area contributed by atoms with Gasteiger partial charge in [-0.2, -0.15) is 0 Å². The number of aliphatic hydroxyl groups is 1. The molecule has 0 saturated heterocycles. The number of aliphatic hydroxyl groups excluding tert-OH is 1. The zero-order chi connectivity index (χ0) is 34.0. The van der Waals surface area contributed by atoms with Gasteiger partial charge in [-0.1, -0.05) is 91.0 Å². The second-order valence-corrected chi connectivity index (χ2v) is 11.9. The Kier molecular flexibility index (Phi) is 11.4. The molecule has 0 aliphatic rings. The summed E-state index contributed by atoms with van der Waals surface area (Å²) >= 11 is 0. The summed E-state index contributed by atoms with van der Waals surface area (Å²) < 4.78 is 17.0. The van der Waals surface area contributed by atoms with Gasteiger partial charge < -0.3 is 19.3 Å². The van der Waals surface area contributed by atoms with Gasteiger partial charge in [0, 0.05) is 25.1 Å². The van der Waals surface area contributed by atoms with Crippen molar-refractivity contribution in [3.05, 3.63) is 164 Å². The number of nitrogens with zero attached hydrogens (tertiary/aromatic N) is 2. The highest BCUT2D eigenvalue weighted by Crippen LogP contribution is 2.37. The third-order valence-corrected chi connectivity index (χ3v) is 8.70. The molecule has 0 heterocycles. The van der Waals surface area contributed by atoms with E-state index in [0.717, 1.165) is 44.9 Å². The molecule has 0 radical (unpaired) electrons. The Morgan fingerprint density at radius 3 is 1.73 bits per heavy atom. The molecule has 1 N–H and O–H groups in total. The third kappa shape index (κ3) is 8.20. The molecule has 0 fully saturated rings. The van der Waals surface area contributed by atoms with Crippen LogP contribution in [0.25, 0.3) is 0 Å². The van der Waals surface area contributed by atoms with Crippen LogP contribution in [0.5, 0.6) is 17.2 Å². The standard InChI is InChI=1S/C40H42N2O6/c1-28-21-32(15-18-38(28)46-3)35(33-16-19-39(47-4)29(2)22-33)25-41(24-30-11-7-5-8-12-30)37(26-43)34-17-20-40(36(23-34)42(44)45)48-27-31-13-9-6-10-14-31/h5-23,35,37,43H,24-27H2,1-4H3/t37-/m0/s1. The summed E-state index contributed by atoms with van der Waals surface area (Å²) in [5.41, 5.74) is 6.65. The van der Waals surface area contributed by atoms with Crippen LogP contribution in [0.3, 0.4) is 0 Å². The normalized spacial score (nSPS) is 11.8. The fraction of sp³-hybridized carbons (Fsp3) is 0.250. The Hall–Kier alpha value is -5.18. The molecule has 5 rings (SSSR count). The number of nitro benzene ring substituents is 1. The van der Waals surface area contributed by atoms with Gasteiger partial charge in [0.05, 0.1) is 31.8 Å². The number of methoxy groups -OCH3 is 2. The Morgan fingerprint density at radius 1 is 0.708 bits per heavy atom. The summed E-state index contributed by atoms with van der Waals surface area (Å²) in [5, 5.41) is 23.3. The van der Waals surface area contributed by atoms with Crippen LogP contribution in [0.4, 0.5) is 5.69 Å². The van der Waals surface area contributed by atoms with Crippen molar-refractivity contribution >= 4 is 5.69 Å². The average Bonchev–Trinajstić information content (AvgIpc) is 3.10. The molecule has 8 heteroatoms. The van der Waals surface area contributed by atoms with Crippen molar-refractivity contribution in [2.75, 3.05) is 27.4 Å². The van der Waals surface area contributed by atoms with Gasteiger partial charge in [0.25, 0.3) is 0 Å². The Morgan fingerprint density at radius 2 is 1.23 bits per heavy atom. The molecule has 0 unspecified atom stereocenters. The molecule has 1 atom stereocenters. The van der Waals surface area contributed by atoms with E-state index in [-0.39, 0.29) is 30.6 Å². The predicted octanol–water partition coefficient (Wildman–Crippen LogP) is 8.18. The smallest absolute Gasteiger partial charge is 0.311 e. The highest BCUT2D eigenvalue weighted by atomic mass is 16.6. The van der Waals surface area contributed by atoms with Gasteiger partial charge in [0.1, 0.15) is 18.1 Å². The first kappa shape index (κ1) is 34.2. The first-order valence-electron chi connectivity index (χ1n) is 15.9. The first-order valence-corrected chi connectivity index (χ1v) is 15.9. The summed E-state index contributed by atoms with van der Waals surface area (Å²) in [6.07, 6.45) is 0. The van der Waals surface area contributed by atoms with Gasteiger partial charge in [-0.15, -0.1) is 0 Å². The van der Waals surface area contributed by atoms with Crippen molar-refractivity contribution in [3.8, 4) is 17.2 Å². The number of hydrogen-bond acceptors (Lipinski definition) is 7. The highest BCUT2D eigenvalue weighted by Gasteiger charge is 2.28. The average molecular weight is 647 g/mol. The van der Waals surface area contributed by atoms with Crippen molar-refractivity contribution in [2.45, 2.75) is 39.0 Å². The molecular formula is C40H42N2O6. The highest BCUT2D eigenvalue weighted by molar-refractivity contribution is 5.50. The minimum Gasteiger partial charge on any atom is -0.496 e. The summed E-state index contributed by atoms with van der Waals surface area (Å²) in [6.45, 7) is 5.03. The second kappa shape index (κ2) is 16.1. The zero-order valence-electron chi connectivity index (χ0n) is 27.8. The lowest BCUT2D eigenvalue weighted by Crippen LogP contribution is -2.35. The lowest BCUT2D eigenvalue weighted by molar-refractivity contribution is -0.386. The van der Waals surface area contributed by atoms with Crippen LogP contribution in [0.15, 0.2) is 115 Å². The van der Waals surface area contributed by atoms with Crippen LogP contribution in [-0.4, -0.2) is 42.3 Å². The summed E-state index contributed by atoms with van der Waals surface area (Å²) in [5.74, 6) is 1.68. The van der Waals surface area contributed by atoms with Crippen molar-refractivity contribution < 1.29 is 24.2 Å². The van der Waals surface area contributed by atoms with E-state index in [0.29, 0.717) is 18.7 Å². The maximum atomic E-state index is 12.3. The van der Waals surface area contributed by atoms with E-state index < -0.39 is 11.0 Å². The fourth-order valence-corrected chi connectivity index (χ4v) is 6.17. The Labute approximate surface area is 282 Å². The summed E-state index contributed by atoms with van der Waals surface area (Å²) in [6, 6.07) is 36.4.